The van der Waals surface area contributed by atoms with Gasteiger partial charge in [0.25, 0.3) is 0 Å². The highest BCUT2D eigenvalue weighted by molar-refractivity contribution is 7.98. The van der Waals surface area contributed by atoms with Gasteiger partial charge in [0.05, 0.1) is 20.3 Å². The van der Waals surface area contributed by atoms with Crippen molar-refractivity contribution < 1.29 is 14.0 Å². The number of hydrogen-bond acceptors (Lipinski definition) is 7. The van der Waals surface area contributed by atoms with Crippen molar-refractivity contribution in [3.8, 4) is 11.5 Å². The molecular formula is C18H27N3O3S. The molecule has 7 heteroatoms. The van der Waals surface area contributed by atoms with Gasteiger partial charge in [-0.1, -0.05) is 25.9 Å². The average molecular weight is 365 g/mol. The van der Waals surface area contributed by atoms with Gasteiger partial charge in [0.1, 0.15) is 0 Å². The van der Waals surface area contributed by atoms with E-state index >= 15 is 0 Å². The predicted octanol–water partition coefficient (Wildman–Crippen LogP) is 3.96. The second-order valence-corrected chi connectivity index (χ2v) is 7.68. The highest BCUT2D eigenvalue weighted by Gasteiger charge is 2.23. The fourth-order valence-electron chi connectivity index (χ4n) is 2.30. The van der Waals surface area contributed by atoms with Crippen molar-refractivity contribution in [2.24, 2.45) is 0 Å². The zero-order valence-electron chi connectivity index (χ0n) is 16.0. The van der Waals surface area contributed by atoms with E-state index in [2.05, 4.69) is 36.2 Å². The molecule has 2 rings (SSSR count). The molecule has 1 aromatic carbocycles. The number of aromatic nitrogens is 2. The van der Waals surface area contributed by atoms with Crippen LogP contribution in [0.3, 0.4) is 0 Å². The maximum absolute atomic E-state index is 5.41. The molecule has 1 unspecified atom stereocenters. The Morgan fingerprint density at radius 2 is 1.84 bits per heavy atom. The lowest BCUT2D eigenvalue weighted by atomic mass is 9.96. The van der Waals surface area contributed by atoms with Crippen molar-refractivity contribution in [1.82, 2.24) is 15.5 Å². The van der Waals surface area contributed by atoms with Crippen LogP contribution in [-0.2, 0) is 12.0 Å². The van der Waals surface area contributed by atoms with E-state index in [1.165, 1.54) is 0 Å². The number of thioether (sulfide) groups is 1. The molecular weight excluding hydrogens is 338 g/mol. The standard InChI is InChI=1S/C18H27N3O3S/c1-11(16-20-17(21-24-16)18(2,3)4)19-10-12-8-13(22-5)14(23-6)9-15(12)25-7/h8-9,11,19H,10H2,1-7H3. The van der Waals surface area contributed by atoms with Gasteiger partial charge in [0.2, 0.25) is 5.89 Å². The minimum absolute atomic E-state index is 0.0496. The minimum atomic E-state index is -0.128. The molecule has 0 aliphatic carbocycles. The van der Waals surface area contributed by atoms with E-state index in [4.69, 9.17) is 14.0 Å². The normalized spacial score (nSPS) is 12.9. The molecule has 6 nitrogen and oxygen atoms in total. The summed E-state index contributed by atoms with van der Waals surface area (Å²) in [5, 5.41) is 7.52. The first-order valence-electron chi connectivity index (χ1n) is 8.16. The van der Waals surface area contributed by atoms with E-state index < -0.39 is 0 Å². The van der Waals surface area contributed by atoms with Crippen LogP contribution in [0.25, 0.3) is 0 Å². The third-order valence-electron chi connectivity index (χ3n) is 3.87. The molecule has 138 valence electrons. The molecule has 0 aliphatic rings. The number of benzene rings is 1. The lowest BCUT2D eigenvalue weighted by molar-refractivity contribution is 0.329. The van der Waals surface area contributed by atoms with E-state index in [-0.39, 0.29) is 11.5 Å². The molecule has 0 saturated carbocycles. The molecule has 0 aliphatic heterocycles. The van der Waals surface area contributed by atoms with Gasteiger partial charge in [-0.3, -0.25) is 0 Å². The van der Waals surface area contributed by atoms with E-state index in [9.17, 15) is 0 Å². The van der Waals surface area contributed by atoms with Crippen molar-refractivity contribution in [1.29, 1.82) is 0 Å². The van der Waals surface area contributed by atoms with Crippen LogP contribution in [0.5, 0.6) is 11.5 Å². The Bertz CT molecular complexity index is 710. The topological polar surface area (TPSA) is 69.4 Å². The van der Waals surface area contributed by atoms with Crippen molar-refractivity contribution in [3.63, 3.8) is 0 Å². The number of rotatable bonds is 7. The summed E-state index contributed by atoms with van der Waals surface area (Å²) < 4.78 is 16.2. The van der Waals surface area contributed by atoms with Crippen molar-refractivity contribution >= 4 is 11.8 Å². The Labute approximate surface area is 153 Å². The van der Waals surface area contributed by atoms with Gasteiger partial charge in [-0.25, -0.2) is 0 Å². The Kier molecular flexibility index (Phi) is 6.35. The largest absolute Gasteiger partial charge is 0.493 e. The monoisotopic (exact) mass is 365 g/mol. The van der Waals surface area contributed by atoms with Gasteiger partial charge < -0.3 is 19.3 Å². The SMILES string of the molecule is COc1cc(CNC(C)c2nc(C(C)(C)C)no2)c(SC)cc1OC. The van der Waals surface area contributed by atoms with E-state index in [1.54, 1.807) is 26.0 Å². The van der Waals surface area contributed by atoms with Crippen LogP contribution in [0.2, 0.25) is 0 Å². The summed E-state index contributed by atoms with van der Waals surface area (Å²) in [6, 6.07) is 3.94. The van der Waals surface area contributed by atoms with E-state index in [0.717, 1.165) is 22.0 Å². The minimum Gasteiger partial charge on any atom is -0.493 e. The van der Waals surface area contributed by atoms with Crippen LogP contribution in [0.1, 0.15) is 51.0 Å². The maximum Gasteiger partial charge on any atom is 0.243 e. The Hall–Kier alpha value is -1.73. The van der Waals surface area contributed by atoms with Crippen LogP contribution >= 0.6 is 11.8 Å². The second kappa shape index (κ2) is 8.10. The highest BCUT2D eigenvalue weighted by Crippen LogP contribution is 2.34. The van der Waals surface area contributed by atoms with Gasteiger partial charge in [0.15, 0.2) is 17.3 Å². The maximum atomic E-state index is 5.41. The number of methoxy groups -OCH3 is 2. The Morgan fingerprint density at radius 3 is 2.36 bits per heavy atom. The number of nitrogens with one attached hydrogen (secondary N) is 1. The summed E-state index contributed by atoms with van der Waals surface area (Å²) in [5.74, 6) is 2.76. The predicted molar refractivity (Wildman–Crippen MR) is 99.6 cm³/mol. The fraction of sp³-hybridized carbons (Fsp3) is 0.556. The van der Waals surface area contributed by atoms with Crippen LogP contribution < -0.4 is 14.8 Å². The molecule has 0 bridgehead atoms. The van der Waals surface area contributed by atoms with E-state index in [0.29, 0.717) is 18.3 Å². The summed E-state index contributed by atoms with van der Waals surface area (Å²) in [5.41, 5.74) is 1.00. The number of ether oxygens (including phenoxy) is 2. The third kappa shape index (κ3) is 4.67. The van der Waals surface area contributed by atoms with Gasteiger partial charge in [-0.2, -0.15) is 4.98 Å². The summed E-state index contributed by atoms with van der Waals surface area (Å²) >= 11 is 1.67. The molecule has 1 aromatic heterocycles. The molecule has 0 fully saturated rings. The summed E-state index contributed by atoms with van der Waals surface area (Å²) in [7, 11) is 3.28. The van der Waals surface area contributed by atoms with Crippen molar-refractivity contribution in [3.05, 3.63) is 29.4 Å². The van der Waals surface area contributed by atoms with Crippen molar-refractivity contribution in [2.75, 3.05) is 20.5 Å². The van der Waals surface area contributed by atoms with Crippen LogP contribution in [0.15, 0.2) is 21.6 Å². The summed E-state index contributed by atoms with van der Waals surface area (Å²) in [6.45, 7) is 8.86. The Balaban J connectivity index is 2.13. The zero-order chi connectivity index (χ0) is 18.6. The molecule has 1 heterocycles. The quantitative estimate of drug-likeness (QED) is 0.745. The highest BCUT2D eigenvalue weighted by atomic mass is 32.2. The zero-order valence-corrected chi connectivity index (χ0v) is 16.8. The van der Waals surface area contributed by atoms with Gasteiger partial charge in [0, 0.05) is 16.9 Å². The molecule has 0 saturated heterocycles. The average Bonchev–Trinajstić information content (AvgIpc) is 3.09. The molecule has 0 spiro atoms. The second-order valence-electron chi connectivity index (χ2n) is 6.83. The Morgan fingerprint density at radius 1 is 1.20 bits per heavy atom. The first kappa shape index (κ1) is 19.6. The fourth-order valence-corrected chi connectivity index (χ4v) is 2.91. The van der Waals surface area contributed by atoms with E-state index in [1.807, 2.05) is 25.3 Å². The van der Waals surface area contributed by atoms with Gasteiger partial charge in [-0.15, -0.1) is 11.8 Å². The van der Waals surface area contributed by atoms with Crippen LogP contribution in [0.4, 0.5) is 0 Å². The molecule has 0 radical (unpaired) electrons. The molecule has 25 heavy (non-hydrogen) atoms. The van der Waals surface area contributed by atoms with Gasteiger partial charge >= 0.3 is 0 Å². The third-order valence-corrected chi connectivity index (χ3v) is 4.69. The first-order valence-corrected chi connectivity index (χ1v) is 9.39. The number of hydrogen-bond donors (Lipinski definition) is 1. The van der Waals surface area contributed by atoms with Crippen LogP contribution in [0, 0.1) is 0 Å². The summed E-state index contributed by atoms with van der Waals surface area (Å²) in [4.78, 5) is 5.64. The van der Waals surface area contributed by atoms with Gasteiger partial charge in [-0.05, 0) is 30.9 Å². The van der Waals surface area contributed by atoms with Crippen LogP contribution in [-0.4, -0.2) is 30.6 Å². The molecule has 1 N–H and O–H groups in total. The first-order chi connectivity index (χ1) is 11.8. The number of nitrogens with zero attached hydrogens (tertiary/aromatic N) is 2. The molecule has 0 amide bonds. The molecule has 1 atom stereocenters. The smallest absolute Gasteiger partial charge is 0.243 e. The lowest BCUT2D eigenvalue weighted by Gasteiger charge is -2.16. The lowest BCUT2D eigenvalue weighted by Crippen LogP contribution is -2.19. The molecule has 2 aromatic rings. The summed E-state index contributed by atoms with van der Waals surface area (Å²) in [6.07, 6.45) is 2.04. The van der Waals surface area contributed by atoms with Crippen molar-refractivity contribution in [2.45, 2.75) is 50.6 Å².